The number of rotatable bonds is 7. The van der Waals surface area contributed by atoms with Gasteiger partial charge in [0.1, 0.15) is 5.75 Å². The first-order chi connectivity index (χ1) is 14.5. The molecule has 0 unspecified atom stereocenters. The fraction of sp³-hybridized carbons (Fsp3) is 0.0870. The molecule has 3 aromatic carbocycles. The Balaban J connectivity index is 1.56. The standard InChI is InChI=1S/C23H18BrNO5/c1-29-18-12-8-15(9-13-18)21(26)14-30-23(28)16-6-10-17(11-7-16)25-22(27)19-4-2-3-5-20(19)24/h2-13H,14H2,1H3,(H,25,27). The molecule has 30 heavy (non-hydrogen) atoms. The summed E-state index contributed by atoms with van der Waals surface area (Å²) in [6.07, 6.45) is 0. The first-order valence-corrected chi connectivity index (χ1v) is 9.77. The lowest BCUT2D eigenvalue weighted by Crippen LogP contribution is -2.15. The third-order valence-corrected chi connectivity index (χ3v) is 4.93. The van der Waals surface area contributed by atoms with E-state index in [4.69, 9.17) is 9.47 Å². The first-order valence-electron chi connectivity index (χ1n) is 8.98. The molecular formula is C23H18BrNO5. The minimum Gasteiger partial charge on any atom is -0.497 e. The molecule has 0 aromatic heterocycles. The van der Waals surface area contributed by atoms with Gasteiger partial charge in [-0.1, -0.05) is 12.1 Å². The normalized spacial score (nSPS) is 10.2. The summed E-state index contributed by atoms with van der Waals surface area (Å²) in [5, 5.41) is 2.76. The number of benzene rings is 3. The van der Waals surface area contributed by atoms with Gasteiger partial charge in [-0.2, -0.15) is 0 Å². The van der Waals surface area contributed by atoms with E-state index in [9.17, 15) is 14.4 Å². The Kier molecular flexibility index (Phi) is 6.98. The van der Waals surface area contributed by atoms with Crippen LogP contribution in [0.25, 0.3) is 0 Å². The highest BCUT2D eigenvalue weighted by Gasteiger charge is 2.13. The fourth-order valence-corrected chi connectivity index (χ4v) is 3.07. The van der Waals surface area contributed by atoms with E-state index in [0.717, 1.165) is 0 Å². The maximum atomic E-state index is 12.3. The van der Waals surface area contributed by atoms with Crippen molar-refractivity contribution in [1.82, 2.24) is 0 Å². The average molecular weight is 468 g/mol. The Morgan fingerprint density at radius 3 is 2.13 bits per heavy atom. The van der Waals surface area contributed by atoms with Crippen molar-refractivity contribution in [3.8, 4) is 5.75 Å². The van der Waals surface area contributed by atoms with Crippen molar-refractivity contribution in [2.24, 2.45) is 0 Å². The zero-order chi connectivity index (χ0) is 21.5. The molecule has 0 aliphatic rings. The number of hydrogen-bond acceptors (Lipinski definition) is 5. The molecule has 0 aliphatic heterocycles. The van der Waals surface area contributed by atoms with Crippen molar-refractivity contribution < 1.29 is 23.9 Å². The van der Waals surface area contributed by atoms with Crippen molar-refractivity contribution in [2.75, 3.05) is 19.0 Å². The predicted molar refractivity (Wildman–Crippen MR) is 116 cm³/mol. The maximum Gasteiger partial charge on any atom is 0.338 e. The molecule has 6 nitrogen and oxygen atoms in total. The van der Waals surface area contributed by atoms with Crippen molar-refractivity contribution in [1.29, 1.82) is 0 Å². The van der Waals surface area contributed by atoms with E-state index in [2.05, 4.69) is 21.2 Å². The second kappa shape index (κ2) is 9.84. The molecule has 1 amide bonds. The van der Waals surface area contributed by atoms with Gasteiger partial charge in [-0.15, -0.1) is 0 Å². The Labute approximate surface area is 181 Å². The van der Waals surface area contributed by atoms with Crippen LogP contribution >= 0.6 is 15.9 Å². The van der Waals surface area contributed by atoms with Crippen LogP contribution in [-0.2, 0) is 4.74 Å². The Hall–Kier alpha value is -3.45. The molecule has 0 spiro atoms. The quantitative estimate of drug-likeness (QED) is 0.400. The summed E-state index contributed by atoms with van der Waals surface area (Å²) in [6.45, 7) is -0.369. The first kappa shape index (κ1) is 21.3. The summed E-state index contributed by atoms with van der Waals surface area (Å²) in [4.78, 5) is 36.7. The van der Waals surface area contributed by atoms with Crippen molar-refractivity contribution in [3.05, 3.63) is 94.0 Å². The minimum atomic E-state index is -0.624. The van der Waals surface area contributed by atoms with Gasteiger partial charge in [0.15, 0.2) is 12.4 Å². The summed E-state index contributed by atoms with van der Waals surface area (Å²) in [6, 6.07) is 19.8. The summed E-state index contributed by atoms with van der Waals surface area (Å²) in [5.74, 6) is -0.581. The van der Waals surface area contributed by atoms with Crippen LogP contribution in [-0.4, -0.2) is 31.4 Å². The van der Waals surface area contributed by atoms with Crippen LogP contribution in [0.1, 0.15) is 31.1 Å². The zero-order valence-corrected chi connectivity index (χ0v) is 17.6. The molecule has 0 bridgehead atoms. The molecule has 1 N–H and O–H groups in total. The molecule has 152 valence electrons. The van der Waals surface area contributed by atoms with E-state index in [-0.39, 0.29) is 23.9 Å². The van der Waals surface area contributed by atoms with Gasteiger partial charge in [0.25, 0.3) is 5.91 Å². The number of anilines is 1. The van der Waals surface area contributed by atoms with Crippen LogP contribution in [0.5, 0.6) is 5.75 Å². The highest BCUT2D eigenvalue weighted by molar-refractivity contribution is 9.10. The van der Waals surface area contributed by atoms with Gasteiger partial charge in [0.05, 0.1) is 18.2 Å². The number of hydrogen-bond donors (Lipinski definition) is 1. The van der Waals surface area contributed by atoms with Crippen LogP contribution in [0.4, 0.5) is 5.69 Å². The lowest BCUT2D eigenvalue weighted by molar-refractivity contribution is 0.0474. The Morgan fingerprint density at radius 2 is 1.50 bits per heavy atom. The fourth-order valence-electron chi connectivity index (χ4n) is 2.61. The summed E-state index contributed by atoms with van der Waals surface area (Å²) >= 11 is 3.34. The van der Waals surface area contributed by atoms with E-state index in [0.29, 0.717) is 27.0 Å². The van der Waals surface area contributed by atoms with E-state index in [1.54, 1.807) is 54.6 Å². The topological polar surface area (TPSA) is 81.7 Å². The van der Waals surface area contributed by atoms with Gasteiger partial charge in [-0.25, -0.2) is 4.79 Å². The molecule has 0 aliphatic carbocycles. The second-order valence-electron chi connectivity index (χ2n) is 6.24. The van der Waals surface area contributed by atoms with E-state index < -0.39 is 5.97 Å². The number of nitrogens with one attached hydrogen (secondary N) is 1. The van der Waals surface area contributed by atoms with E-state index in [1.165, 1.54) is 19.2 Å². The van der Waals surface area contributed by atoms with Crippen LogP contribution in [0.15, 0.2) is 77.3 Å². The third kappa shape index (κ3) is 5.33. The number of amides is 1. The predicted octanol–water partition coefficient (Wildman–Crippen LogP) is 4.75. The number of halogens is 1. The Morgan fingerprint density at radius 1 is 0.867 bits per heavy atom. The summed E-state index contributed by atoms with van der Waals surface area (Å²) in [7, 11) is 1.54. The number of carbonyl (C=O) groups is 3. The SMILES string of the molecule is COc1ccc(C(=O)COC(=O)c2ccc(NC(=O)c3ccccc3Br)cc2)cc1. The highest BCUT2D eigenvalue weighted by atomic mass is 79.9. The Bertz CT molecular complexity index is 1060. The molecule has 0 radical (unpaired) electrons. The number of esters is 1. The van der Waals surface area contributed by atoms with Crippen LogP contribution in [0.2, 0.25) is 0 Å². The monoisotopic (exact) mass is 467 g/mol. The van der Waals surface area contributed by atoms with Gasteiger partial charge < -0.3 is 14.8 Å². The van der Waals surface area contributed by atoms with Gasteiger partial charge >= 0.3 is 5.97 Å². The number of ether oxygens (including phenoxy) is 2. The van der Waals surface area contributed by atoms with Gasteiger partial charge in [0.2, 0.25) is 0 Å². The van der Waals surface area contributed by atoms with Crippen LogP contribution in [0, 0.1) is 0 Å². The lowest BCUT2D eigenvalue weighted by atomic mass is 10.1. The molecule has 3 aromatic rings. The molecule has 7 heteroatoms. The number of methoxy groups -OCH3 is 1. The molecule has 0 atom stereocenters. The second-order valence-corrected chi connectivity index (χ2v) is 7.09. The van der Waals surface area contributed by atoms with Crippen LogP contribution < -0.4 is 10.1 Å². The van der Waals surface area contributed by atoms with Gasteiger partial charge in [0, 0.05) is 15.7 Å². The molecule has 0 fully saturated rings. The smallest absolute Gasteiger partial charge is 0.338 e. The van der Waals surface area contributed by atoms with Gasteiger partial charge in [-0.05, 0) is 76.6 Å². The lowest BCUT2D eigenvalue weighted by Gasteiger charge is -2.08. The van der Waals surface area contributed by atoms with E-state index in [1.807, 2.05) is 6.07 Å². The molecule has 0 saturated carbocycles. The highest BCUT2D eigenvalue weighted by Crippen LogP contribution is 2.18. The largest absolute Gasteiger partial charge is 0.497 e. The number of ketones is 1. The minimum absolute atomic E-state index is 0.274. The van der Waals surface area contributed by atoms with Gasteiger partial charge in [-0.3, -0.25) is 9.59 Å². The molecule has 3 rings (SSSR count). The molecular weight excluding hydrogens is 450 g/mol. The van der Waals surface area contributed by atoms with Crippen molar-refractivity contribution >= 4 is 39.3 Å². The van der Waals surface area contributed by atoms with E-state index >= 15 is 0 Å². The zero-order valence-electron chi connectivity index (χ0n) is 16.1. The molecule has 0 heterocycles. The maximum absolute atomic E-state index is 12.3. The van der Waals surface area contributed by atoms with Crippen LogP contribution in [0.3, 0.4) is 0 Å². The number of carbonyl (C=O) groups excluding carboxylic acids is 3. The number of Topliss-reactive ketones (excluding diaryl/α,β-unsaturated/α-hetero) is 1. The van der Waals surface area contributed by atoms with Crippen molar-refractivity contribution in [2.45, 2.75) is 0 Å². The summed E-state index contributed by atoms with van der Waals surface area (Å²) in [5.41, 5.74) is 1.73. The summed E-state index contributed by atoms with van der Waals surface area (Å²) < 4.78 is 10.8. The molecule has 0 saturated heterocycles. The third-order valence-electron chi connectivity index (χ3n) is 4.24. The average Bonchev–Trinajstić information content (AvgIpc) is 2.78. The van der Waals surface area contributed by atoms with Crippen molar-refractivity contribution in [3.63, 3.8) is 0 Å².